The Balaban J connectivity index is 1.70. The van der Waals surface area contributed by atoms with Crippen molar-refractivity contribution >= 4 is 11.9 Å². The minimum Gasteiger partial charge on any atom is -0.484 e. The molecule has 0 atom stereocenters. The third kappa shape index (κ3) is 3.03. The SMILES string of the molecule is CN(C)c1noc(COc2ccc3c(c2)CCCNC3=O)n1. The third-order valence-corrected chi connectivity index (χ3v) is 3.45. The zero-order chi connectivity index (χ0) is 15.5. The van der Waals surface area contributed by atoms with Crippen LogP contribution in [0.25, 0.3) is 0 Å². The van der Waals surface area contributed by atoms with E-state index in [1.165, 1.54) is 0 Å². The maximum Gasteiger partial charge on any atom is 0.266 e. The second-order valence-corrected chi connectivity index (χ2v) is 5.35. The first-order valence-electron chi connectivity index (χ1n) is 7.17. The summed E-state index contributed by atoms with van der Waals surface area (Å²) in [6.07, 6.45) is 1.79. The van der Waals surface area contributed by atoms with Crippen LogP contribution in [-0.2, 0) is 13.0 Å². The molecule has 0 saturated carbocycles. The average Bonchev–Trinajstić information content (AvgIpc) is 2.91. The summed E-state index contributed by atoms with van der Waals surface area (Å²) in [4.78, 5) is 17.8. The molecule has 1 aromatic heterocycles. The van der Waals surface area contributed by atoms with Gasteiger partial charge in [-0.2, -0.15) is 4.98 Å². The lowest BCUT2D eigenvalue weighted by atomic mass is 10.0. The van der Waals surface area contributed by atoms with Gasteiger partial charge in [-0.25, -0.2) is 0 Å². The molecule has 0 spiro atoms. The second kappa shape index (κ2) is 6.05. The Morgan fingerprint density at radius 3 is 3.05 bits per heavy atom. The van der Waals surface area contributed by atoms with Gasteiger partial charge in [-0.15, -0.1) is 0 Å². The van der Waals surface area contributed by atoms with Crippen LogP contribution in [0.15, 0.2) is 22.7 Å². The van der Waals surface area contributed by atoms with Crippen LogP contribution < -0.4 is 15.0 Å². The van der Waals surface area contributed by atoms with Crippen molar-refractivity contribution in [3.63, 3.8) is 0 Å². The number of fused-ring (bicyclic) bond motifs is 1. The van der Waals surface area contributed by atoms with Crippen molar-refractivity contribution in [2.45, 2.75) is 19.4 Å². The van der Waals surface area contributed by atoms with Gasteiger partial charge in [0.15, 0.2) is 6.61 Å². The topological polar surface area (TPSA) is 80.5 Å². The molecule has 2 heterocycles. The minimum atomic E-state index is -0.0217. The number of nitrogens with one attached hydrogen (secondary N) is 1. The molecule has 0 unspecified atom stereocenters. The van der Waals surface area contributed by atoms with Gasteiger partial charge in [0.05, 0.1) is 0 Å². The molecule has 0 radical (unpaired) electrons. The molecule has 2 aromatic rings. The van der Waals surface area contributed by atoms with Gasteiger partial charge in [0.1, 0.15) is 5.75 Å². The fourth-order valence-corrected chi connectivity index (χ4v) is 2.30. The Kier molecular flexibility index (Phi) is 3.95. The van der Waals surface area contributed by atoms with E-state index in [1.54, 1.807) is 17.0 Å². The van der Waals surface area contributed by atoms with Crippen LogP contribution in [0.5, 0.6) is 5.75 Å². The zero-order valence-corrected chi connectivity index (χ0v) is 12.6. The molecule has 116 valence electrons. The molecule has 7 heteroatoms. The average molecular weight is 302 g/mol. The number of anilines is 1. The highest BCUT2D eigenvalue weighted by Crippen LogP contribution is 2.22. The summed E-state index contributed by atoms with van der Waals surface area (Å²) >= 11 is 0. The van der Waals surface area contributed by atoms with Crippen molar-refractivity contribution in [2.75, 3.05) is 25.5 Å². The van der Waals surface area contributed by atoms with Gasteiger partial charge < -0.3 is 19.5 Å². The summed E-state index contributed by atoms with van der Waals surface area (Å²) in [5, 5.41) is 6.70. The number of carbonyl (C=O) groups is 1. The summed E-state index contributed by atoms with van der Waals surface area (Å²) in [5.41, 5.74) is 1.73. The number of amides is 1. The Bertz CT molecular complexity index is 681. The van der Waals surface area contributed by atoms with Crippen molar-refractivity contribution in [1.29, 1.82) is 0 Å². The van der Waals surface area contributed by atoms with Gasteiger partial charge >= 0.3 is 0 Å². The predicted octanol–water partition coefficient (Wildman–Crippen LogP) is 1.39. The number of hydrogen-bond acceptors (Lipinski definition) is 6. The molecule has 1 aliphatic heterocycles. The number of hydrogen-bond donors (Lipinski definition) is 1. The van der Waals surface area contributed by atoms with Crippen molar-refractivity contribution in [3.8, 4) is 5.75 Å². The molecule has 7 nitrogen and oxygen atoms in total. The van der Waals surface area contributed by atoms with Crippen molar-refractivity contribution in [1.82, 2.24) is 15.5 Å². The molecule has 1 aromatic carbocycles. The van der Waals surface area contributed by atoms with E-state index < -0.39 is 0 Å². The molecule has 0 aliphatic carbocycles. The quantitative estimate of drug-likeness (QED) is 0.919. The highest BCUT2D eigenvalue weighted by molar-refractivity contribution is 5.96. The van der Waals surface area contributed by atoms with Crippen LogP contribution in [0.4, 0.5) is 5.95 Å². The Morgan fingerprint density at radius 1 is 1.41 bits per heavy atom. The van der Waals surface area contributed by atoms with Crippen LogP contribution in [0.3, 0.4) is 0 Å². The molecule has 1 amide bonds. The molecule has 3 rings (SSSR count). The van der Waals surface area contributed by atoms with E-state index in [1.807, 2.05) is 20.2 Å². The Labute approximate surface area is 128 Å². The lowest BCUT2D eigenvalue weighted by molar-refractivity contribution is 0.0956. The number of aryl methyl sites for hydroxylation is 1. The largest absolute Gasteiger partial charge is 0.484 e. The minimum absolute atomic E-state index is 0.0217. The van der Waals surface area contributed by atoms with Crippen LogP contribution in [0.1, 0.15) is 28.2 Å². The lowest BCUT2D eigenvalue weighted by Gasteiger charge is -2.08. The molecule has 0 bridgehead atoms. The van der Waals surface area contributed by atoms with E-state index in [9.17, 15) is 4.79 Å². The number of nitrogens with zero attached hydrogens (tertiary/aromatic N) is 3. The highest BCUT2D eigenvalue weighted by atomic mass is 16.5. The second-order valence-electron chi connectivity index (χ2n) is 5.35. The first kappa shape index (κ1) is 14.4. The van der Waals surface area contributed by atoms with Crippen molar-refractivity contribution < 1.29 is 14.1 Å². The summed E-state index contributed by atoms with van der Waals surface area (Å²) in [5.74, 6) is 1.60. The highest BCUT2D eigenvalue weighted by Gasteiger charge is 2.16. The van der Waals surface area contributed by atoms with Crippen LogP contribution in [0, 0.1) is 0 Å². The van der Waals surface area contributed by atoms with Gasteiger partial charge in [-0.1, -0.05) is 0 Å². The fraction of sp³-hybridized carbons (Fsp3) is 0.400. The van der Waals surface area contributed by atoms with E-state index in [0.717, 1.165) is 24.0 Å². The maximum atomic E-state index is 11.9. The molecular formula is C15H18N4O3. The Hall–Kier alpha value is -2.57. The summed E-state index contributed by atoms with van der Waals surface area (Å²) in [7, 11) is 3.68. The monoisotopic (exact) mass is 302 g/mol. The number of rotatable bonds is 4. The number of ether oxygens (including phenoxy) is 1. The normalized spacial score (nSPS) is 14.0. The number of carbonyl (C=O) groups excluding carboxylic acids is 1. The third-order valence-electron chi connectivity index (χ3n) is 3.45. The van der Waals surface area contributed by atoms with E-state index in [2.05, 4.69) is 15.5 Å². The summed E-state index contributed by atoms with van der Waals surface area (Å²) < 4.78 is 10.8. The fourth-order valence-electron chi connectivity index (χ4n) is 2.30. The molecule has 0 fully saturated rings. The Morgan fingerprint density at radius 2 is 2.27 bits per heavy atom. The standard InChI is InChI=1S/C15H18N4O3/c1-19(2)15-17-13(22-18-15)9-21-11-5-6-12-10(8-11)4-3-7-16-14(12)20/h5-6,8H,3-4,7,9H2,1-2H3,(H,16,20). The molecule has 1 N–H and O–H groups in total. The van der Waals surface area contributed by atoms with Crippen molar-refractivity contribution in [2.24, 2.45) is 0 Å². The van der Waals surface area contributed by atoms with E-state index >= 15 is 0 Å². The van der Waals surface area contributed by atoms with E-state index in [0.29, 0.717) is 24.1 Å². The van der Waals surface area contributed by atoms with E-state index in [-0.39, 0.29) is 12.5 Å². The van der Waals surface area contributed by atoms with Crippen LogP contribution in [0.2, 0.25) is 0 Å². The first-order valence-corrected chi connectivity index (χ1v) is 7.17. The van der Waals surface area contributed by atoms with Gasteiger partial charge in [0.2, 0.25) is 0 Å². The maximum absolute atomic E-state index is 11.9. The molecular weight excluding hydrogens is 284 g/mol. The molecule has 1 aliphatic rings. The first-order chi connectivity index (χ1) is 10.6. The van der Waals surface area contributed by atoms with E-state index in [4.69, 9.17) is 9.26 Å². The van der Waals surface area contributed by atoms with Crippen molar-refractivity contribution in [3.05, 3.63) is 35.2 Å². The number of aromatic nitrogens is 2. The van der Waals surface area contributed by atoms with Crippen LogP contribution >= 0.6 is 0 Å². The van der Waals surface area contributed by atoms with Crippen LogP contribution in [-0.4, -0.2) is 36.7 Å². The molecule has 22 heavy (non-hydrogen) atoms. The summed E-state index contributed by atoms with van der Waals surface area (Å²) in [6.45, 7) is 0.908. The predicted molar refractivity (Wildman–Crippen MR) is 80.1 cm³/mol. The lowest BCUT2D eigenvalue weighted by Crippen LogP contribution is -2.22. The van der Waals surface area contributed by atoms with Gasteiger partial charge in [0, 0.05) is 26.2 Å². The van der Waals surface area contributed by atoms with Gasteiger partial charge in [-0.3, -0.25) is 4.79 Å². The smallest absolute Gasteiger partial charge is 0.266 e. The summed E-state index contributed by atoms with van der Waals surface area (Å²) in [6, 6.07) is 5.49. The van der Waals surface area contributed by atoms with Gasteiger partial charge in [0.25, 0.3) is 17.7 Å². The van der Waals surface area contributed by atoms with Gasteiger partial charge in [-0.05, 0) is 41.8 Å². The zero-order valence-electron chi connectivity index (χ0n) is 12.6. The molecule has 0 saturated heterocycles. The number of benzene rings is 1.